The quantitative estimate of drug-likeness (QED) is 0.719. The molecule has 8 heteroatoms. The normalized spacial score (nSPS) is 10.5. The van der Waals surface area contributed by atoms with Crippen LogP contribution in [0, 0.1) is 0 Å². The van der Waals surface area contributed by atoms with E-state index in [4.69, 9.17) is 0 Å². The molecule has 1 aromatic carbocycles. The van der Waals surface area contributed by atoms with Crippen molar-refractivity contribution in [3.8, 4) is 0 Å². The molecule has 1 amide bonds. The van der Waals surface area contributed by atoms with Crippen molar-refractivity contribution in [2.75, 3.05) is 24.3 Å². The summed E-state index contributed by atoms with van der Waals surface area (Å²) in [4.78, 5) is 42.3. The van der Waals surface area contributed by atoms with E-state index in [2.05, 4.69) is 10.3 Å². The van der Waals surface area contributed by atoms with Gasteiger partial charge < -0.3 is 15.2 Å². The predicted molar refractivity (Wildman–Crippen MR) is 103 cm³/mol. The molecule has 0 radical (unpaired) electrons. The maximum absolute atomic E-state index is 12.6. The number of hydrogen-bond donors (Lipinski definition) is 2. The average Bonchev–Trinajstić information content (AvgIpc) is 3.12. The third kappa shape index (κ3) is 3.75. The molecule has 0 bridgehead atoms. The second kappa shape index (κ2) is 7.40. The monoisotopic (exact) mass is 370 g/mol. The summed E-state index contributed by atoms with van der Waals surface area (Å²) in [6.45, 7) is 0.129. The number of hydrogen-bond acceptors (Lipinski definition) is 5. The molecule has 2 heterocycles. The minimum Gasteiger partial charge on any atom is -0.378 e. The summed E-state index contributed by atoms with van der Waals surface area (Å²) in [6, 6.07) is 10.9. The van der Waals surface area contributed by atoms with Gasteiger partial charge in [-0.05, 0) is 35.7 Å². The Balaban J connectivity index is 1.85. The maximum Gasteiger partial charge on any atom is 0.328 e. The summed E-state index contributed by atoms with van der Waals surface area (Å²) >= 11 is 1.44. The van der Waals surface area contributed by atoms with E-state index in [0.29, 0.717) is 5.69 Å². The number of rotatable bonds is 5. The number of nitrogens with zero attached hydrogens (tertiary/aromatic N) is 2. The summed E-state index contributed by atoms with van der Waals surface area (Å²) in [5.74, 6) is -0.566. The van der Waals surface area contributed by atoms with Crippen molar-refractivity contribution in [3.63, 3.8) is 0 Å². The highest BCUT2D eigenvalue weighted by Crippen LogP contribution is 2.16. The highest BCUT2D eigenvalue weighted by atomic mass is 32.1. The maximum atomic E-state index is 12.6. The molecule has 0 aliphatic heterocycles. The fraction of sp³-hybridized carbons (Fsp3) is 0.167. The molecule has 0 atom stereocenters. The van der Waals surface area contributed by atoms with Crippen LogP contribution in [-0.2, 0) is 6.54 Å². The number of carbonyl (C=O) groups is 1. The average molecular weight is 370 g/mol. The van der Waals surface area contributed by atoms with Crippen molar-refractivity contribution in [3.05, 3.63) is 79.3 Å². The van der Waals surface area contributed by atoms with Gasteiger partial charge in [0.05, 0.1) is 6.54 Å². The molecule has 0 aliphatic rings. The minimum absolute atomic E-state index is 0.113. The molecule has 0 spiro atoms. The lowest BCUT2D eigenvalue weighted by atomic mass is 10.2. The topological polar surface area (TPSA) is 87.2 Å². The predicted octanol–water partition coefficient (Wildman–Crippen LogP) is 1.96. The second-order valence-electron chi connectivity index (χ2n) is 5.87. The lowest BCUT2D eigenvalue weighted by Crippen LogP contribution is -2.39. The Labute approximate surface area is 153 Å². The van der Waals surface area contributed by atoms with Gasteiger partial charge in [-0.3, -0.25) is 14.2 Å². The van der Waals surface area contributed by atoms with Gasteiger partial charge in [0.15, 0.2) is 0 Å². The molecular formula is C18H18N4O3S. The summed E-state index contributed by atoms with van der Waals surface area (Å²) in [5.41, 5.74) is 0.277. The first-order chi connectivity index (χ1) is 12.5. The number of aromatic amines is 1. The van der Waals surface area contributed by atoms with Crippen molar-refractivity contribution in [2.45, 2.75) is 6.54 Å². The Hall–Kier alpha value is -3.13. The highest BCUT2D eigenvalue weighted by Gasteiger charge is 2.15. The van der Waals surface area contributed by atoms with Crippen LogP contribution >= 0.6 is 11.3 Å². The van der Waals surface area contributed by atoms with E-state index in [1.807, 2.05) is 48.6 Å². The van der Waals surface area contributed by atoms with E-state index in [-0.39, 0.29) is 12.1 Å². The molecule has 3 rings (SSSR count). The van der Waals surface area contributed by atoms with Crippen LogP contribution in [-0.4, -0.2) is 29.6 Å². The van der Waals surface area contributed by atoms with Gasteiger partial charge in [0.25, 0.3) is 11.5 Å². The van der Waals surface area contributed by atoms with Crippen molar-refractivity contribution in [1.29, 1.82) is 0 Å². The van der Waals surface area contributed by atoms with Crippen LogP contribution in [0.1, 0.15) is 15.2 Å². The van der Waals surface area contributed by atoms with Gasteiger partial charge >= 0.3 is 5.69 Å². The summed E-state index contributed by atoms with van der Waals surface area (Å²) < 4.78 is 1.02. The van der Waals surface area contributed by atoms with E-state index < -0.39 is 17.2 Å². The van der Waals surface area contributed by atoms with E-state index in [0.717, 1.165) is 21.3 Å². The Bertz CT molecular complexity index is 1020. The van der Waals surface area contributed by atoms with Crippen LogP contribution in [0.4, 0.5) is 11.4 Å². The number of aromatic nitrogens is 2. The molecule has 0 saturated heterocycles. The van der Waals surface area contributed by atoms with E-state index in [9.17, 15) is 14.4 Å². The van der Waals surface area contributed by atoms with Crippen LogP contribution in [0.3, 0.4) is 0 Å². The third-order valence-corrected chi connectivity index (χ3v) is 4.70. The Morgan fingerprint density at radius 1 is 1.19 bits per heavy atom. The number of H-pyrrole nitrogens is 1. The summed E-state index contributed by atoms with van der Waals surface area (Å²) in [7, 11) is 3.84. The number of anilines is 2. The van der Waals surface area contributed by atoms with Crippen LogP contribution in [0.25, 0.3) is 0 Å². The van der Waals surface area contributed by atoms with Crippen molar-refractivity contribution < 1.29 is 4.79 Å². The first kappa shape index (κ1) is 17.7. The summed E-state index contributed by atoms with van der Waals surface area (Å²) in [6.07, 6.45) is 1.15. The lowest BCUT2D eigenvalue weighted by Gasteiger charge is -2.13. The molecule has 3 aromatic rings. The molecule has 7 nitrogen and oxygen atoms in total. The first-order valence-electron chi connectivity index (χ1n) is 7.89. The zero-order valence-corrected chi connectivity index (χ0v) is 15.2. The number of benzene rings is 1. The Morgan fingerprint density at radius 3 is 2.54 bits per heavy atom. The molecule has 0 unspecified atom stereocenters. The highest BCUT2D eigenvalue weighted by molar-refractivity contribution is 7.09. The molecule has 2 aromatic heterocycles. The molecule has 0 aliphatic carbocycles. The van der Waals surface area contributed by atoms with Gasteiger partial charge in [0, 0.05) is 36.5 Å². The van der Waals surface area contributed by atoms with Gasteiger partial charge in [-0.1, -0.05) is 6.07 Å². The number of nitrogens with one attached hydrogen (secondary N) is 2. The molecule has 0 saturated carbocycles. The molecule has 134 valence electrons. The van der Waals surface area contributed by atoms with Crippen molar-refractivity contribution in [2.24, 2.45) is 0 Å². The number of carbonyl (C=O) groups excluding carboxylic acids is 1. The minimum atomic E-state index is -0.621. The van der Waals surface area contributed by atoms with E-state index in [1.54, 1.807) is 12.1 Å². The fourth-order valence-electron chi connectivity index (χ4n) is 2.42. The third-order valence-electron chi connectivity index (χ3n) is 3.84. The van der Waals surface area contributed by atoms with Crippen molar-refractivity contribution in [1.82, 2.24) is 9.55 Å². The van der Waals surface area contributed by atoms with Crippen LogP contribution in [0.15, 0.2) is 57.6 Å². The fourth-order valence-corrected chi connectivity index (χ4v) is 3.11. The summed E-state index contributed by atoms with van der Waals surface area (Å²) in [5, 5.41) is 4.54. The van der Waals surface area contributed by atoms with Crippen LogP contribution in [0.2, 0.25) is 0 Å². The van der Waals surface area contributed by atoms with E-state index in [1.165, 1.54) is 11.3 Å². The van der Waals surface area contributed by atoms with Gasteiger partial charge in [-0.25, -0.2) is 4.79 Å². The lowest BCUT2D eigenvalue weighted by molar-refractivity contribution is 0.102. The Kier molecular flexibility index (Phi) is 5.04. The van der Waals surface area contributed by atoms with E-state index >= 15 is 0 Å². The molecule has 2 N–H and O–H groups in total. The molecule has 0 fully saturated rings. The van der Waals surface area contributed by atoms with Gasteiger partial charge in [0.2, 0.25) is 0 Å². The van der Waals surface area contributed by atoms with Gasteiger partial charge in [0.1, 0.15) is 5.56 Å². The number of amides is 1. The standard InChI is InChI=1S/C18H18N4O3S/c1-21(2)13-7-5-12(6-8-13)20-16(23)15-10-19-18(25)22(17(15)24)11-14-4-3-9-26-14/h3-10H,11H2,1-2H3,(H,19,25)(H,20,23). The van der Waals surface area contributed by atoms with Gasteiger partial charge in [-0.15, -0.1) is 11.3 Å². The SMILES string of the molecule is CN(C)c1ccc(NC(=O)c2c[nH]c(=O)n(Cc3cccs3)c2=O)cc1. The molecular weight excluding hydrogens is 352 g/mol. The molecule has 26 heavy (non-hydrogen) atoms. The smallest absolute Gasteiger partial charge is 0.328 e. The second-order valence-corrected chi connectivity index (χ2v) is 6.91. The van der Waals surface area contributed by atoms with Crippen molar-refractivity contribution >= 4 is 28.6 Å². The Morgan fingerprint density at radius 2 is 1.92 bits per heavy atom. The zero-order valence-electron chi connectivity index (χ0n) is 14.4. The largest absolute Gasteiger partial charge is 0.378 e. The number of thiophene rings is 1. The van der Waals surface area contributed by atoms with Gasteiger partial charge in [-0.2, -0.15) is 0 Å². The zero-order chi connectivity index (χ0) is 18.7. The van der Waals surface area contributed by atoms with Crippen LogP contribution in [0.5, 0.6) is 0 Å². The first-order valence-corrected chi connectivity index (χ1v) is 8.77. The van der Waals surface area contributed by atoms with Crippen LogP contribution < -0.4 is 21.5 Å².